The van der Waals surface area contributed by atoms with Crippen molar-refractivity contribution in [3.05, 3.63) is 64.9 Å². The first-order chi connectivity index (χ1) is 10.2. The average molecular weight is 344 g/mol. The van der Waals surface area contributed by atoms with Gasteiger partial charge in [0.05, 0.1) is 4.90 Å². The first kappa shape index (κ1) is 16.9. The van der Waals surface area contributed by atoms with Gasteiger partial charge in [-0.15, -0.1) is 0 Å². The van der Waals surface area contributed by atoms with Gasteiger partial charge in [-0.1, -0.05) is 23.7 Å². The van der Waals surface area contributed by atoms with E-state index in [1.807, 2.05) is 0 Å². The molecule has 118 valence electrons. The zero-order valence-corrected chi connectivity index (χ0v) is 13.3. The highest BCUT2D eigenvalue weighted by atomic mass is 35.5. The van der Waals surface area contributed by atoms with Crippen LogP contribution in [0.2, 0.25) is 5.02 Å². The van der Waals surface area contributed by atoms with Gasteiger partial charge >= 0.3 is 0 Å². The van der Waals surface area contributed by atoms with Crippen LogP contribution in [0, 0.1) is 5.82 Å². The second-order valence-electron chi connectivity index (χ2n) is 5.06. The van der Waals surface area contributed by atoms with Crippen LogP contribution in [0.1, 0.15) is 12.5 Å². The summed E-state index contributed by atoms with van der Waals surface area (Å²) in [5, 5.41) is 10.8. The van der Waals surface area contributed by atoms with Gasteiger partial charge in [-0.25, -0.2) is 17.5 Å². The highest BCUT2D eigenvalue weighted by Gasteiger charge is 2.26. The van der Waals surface area contributed by atoms with Crippen molar-refractivity contribution in [1.82, 2.24) is 4.72 Å². The molecule has 0 aliphatic rings. The van der Waals surface area contributed by atoms with E-state index in [4.69, 9.17) is 11.6 Å². The van der Waals surface area contributed by atoms with Crippen molar-refractivity contribution in [2.75, 3.05) is 6.54 Å². The Morgan fingerprint density at radius 2 is 1.68 bits per heavy atom. The molecule has 0 radical (unpaired) electrons. The van der Waals surface area contributed by atoms with Gasteiger partial charge in [0.25, 0.3) is 0 Å². The molecule has 1 atom stereocenters. The maximum Gasteiger partial charge on any atom is 0.240 e. The first-order valence-electron chi connectivity index (χ1n) is 6.44. The molecule has 2 aromatic rings. The summed E-state index contributed by atoms with van der Waals surface area (Å²) in [7, 11) is -3.77. The molecule has 0 saturated carbocycles. The molecule has 1 unspecified atom stereocenters. The molecular formula is C15H15ClFNO3S. The molecule has 0 saturated heterocycles. The summed E-state index contributed by atoms with van der Waals surface area (Å²) in [6.45, 7) is 1.20. The van der Waals surface area contributed by atoms with Crippen LogP contribution >= 0.6 is 11.6 Å². The minimum Gasteiger partial charge on any atom is -0.384 e. The minimum atomic E-state index is -3.77. The monoisotopic (exact) mass is 343 g/mol. The summed E-state index contributed by atoms with van der Waals surface area (Å²) in [6.07, 6.45) is 0. The van der Waals surface area contributed by atoms with E-state index in [1.54, 1.807) is 0 Å². The van der Waals surface area contributed by atoms with Gasteiger partial charge in [-0.3, -0.25) is 0 Å². The van der Waals surface area contributed by atoms with Crippen molar-refractivity contribution in [2.24, 2.45) is 0 Å². The van der Waals surface area contributed by atoms with E-state index in [2.05, 4.69) is 4.72 Å². The molecular weight excluding hydrogens is 329 g/mol. The molecule has 0 bridgehead atoms. The van der Waals surface area contributed by atoms with E-state index < -0.39 is 21.4 Å². The lowest BCUT2D eigenvalue weighted by Crippen LogP contribution is -2.38. The van der Waals surface area contributed by atoms with Crippen molar-refractivity contribution in [3.8, 4) is 0 Å². The lowest BCUT2D eigenvalue weighted by atomic mass is 9.96. The number of benzene rings is 2. The first-order valence-corrected chi connectivity index (χ1v) is 8.30. The predicted molar refractivity (Wildman–Crippen MR) is 82.6 cm³/mol. The third-order valence-corrected chi connectivity index (χ3v) is 4.87. The van der Waals surface area contributed by atoms with Gasteiger partial charge in [-0.2, -0.15) is 0 Å². The maximum absolute atomic E-state index is 12.9. The maximum atomic E-state index is 12.9. The minimum absolute atomic E-state index is 0.0480. The van der Waals surface area contributed by atoms with E-state index in [0.29, 0.717) is 10.6 Å². The lowest BCUT2D eigenvalue weighted by Gasteiger charge is -2.24. The van der Waals surface area contributed by atoms with E-state index in [0.717, 1.165) is 0 Å². The van der Waals surface area contributed by atoms with Crippen LogP contribution < -0.4 is 4.72 Å². The van der Waals surface area contributed by atoms with Gasteiger partial charge in [0.2, 0.25) is 10.0 Å². The Morgan fingerprint density at radius 3 is 2.23 bits per heavy atom. The van der Waals surface area contributed by atoms with Crippen LogP contribution in [-0.2, 0) is 15.6 Å². The van der Waals surface area contributed by atoms with Crippen LogP contribution in [0.4, 0.5) is 4.39 Å². The molecule has 2 aromatic carbocycles. The van der Waals surface area contributed by atoms with E-state index >= 15 is 0 Å². The Morgan fingerprint density at radius 1 is 1.14 bits per heavy atom. The van der Waals surface area contributed by atoms with Gasteiger partial charge in [0, 0.05) is 11.6 Å². The van der Waals surface area contributed by atoms with Gasteiger partial charge in [-0.05, 0) is 48.9 Å². The number of rotatable bonds is 5. The summed E-state index contributed by atoms with van der Waals surface area (Å²) in [5.41, 5.74) is -1.06. The fraction of sp³-hybridized carbons (Fsp3) is 0.200. The summed E-state index contributed by atoms with van der Waals surface area (Å²) in [4.78, 5) is 0.0480. The smallest absolute Gasteiger partial charge is 0.240 e. The third kappa shape index (κ3) is 4.04. The molecule has 0 amide bonds. The number of hydrogen-bond donors (Lipinski definition) is 2. The number of aliphatic hydroxyl groups is 1. The van der Waals surface area contributed by atoms with Crippen molar-refractivity contribution >= 4 is 21.6 Å². The average Bonchev–Trinajstić information content (AvgIpc) is 2.46. The molecule has 0 aliphatic heterocycles. The SMILES string of the molecule is CC(O)(CNS(=O)(=O)c1ccc(Cl)cc1)c1ccc(F)cc1. The normalized spacial score (nSPS) is 14.5. The fourth-order valence-corrected chi connectivity index (χ4v) is 3.10. The molecule has 0 aromatic heterocycles. The molecule has 7 heteroatoms. The van der Waals surface area contributed by atoms with Crippen LogP contribution in [0.5, 0.6) is 0 Å². The standard InChI is InChI=1S/C15H15ClFNO3S/c1-15(19,11-2-6-13(17)7-3-11)10-18-22(20,21)14-8-4-12(16)5-9-14/h2-9,18-19H,10H2,1H3. The summed E-state index contributed by atoms with van der Waals surface area (Å²) >= 11 is 5.72. The quantitative estimate of drug-likeness (QED) is 0.877. The molecule has 0 fully saturated rings. The Balaban J connectivity index is 2.13. The summed E-state index contributed by atoms with van der Waals surface area (Å²) in [5.74, 6) is -0.429. The molecule has 2 rings (SSSR count). The van der Waals surface area contributed by atoms with E-state index in [9.17, 15) is 17.9 Å². The van der Waals surface area contributed by atoms with Crippen LogP contribution in [0.15, 0.2) is 53.4 Å². The van der Waals surface area contributed by atoms with E-state index in [-0.39, 0.29) is 11.4 Å². The van der Waals surface area contributed by atoms with E-state index in [1.165, 1.54) is 55.5 Å². The molecule has 2 N–H and O–H groups in total. The molecule has 0 aliphatic carbocycles. The molecule has 4 nitrogen and oxygen atoms in total. The highest BCUT2D eigenvalue weighted by molar-refractivity contribution is 7.89. The van der Waals surface area contributed by atoms with Crippen molar-refractivity contribution in [2.45, 2.75) is 17.4 Å². The Hall–Kier alpha value is -1.47. The lowest BCUT2D eigenvalue weighted by molar-refractivity contribution is 0.0627. The van der Waals surface area contributed by atoms with Crippen molar-refractivity contribution in [3.63, 3.8) is 0 Å². The topological polar surface area (TPSA) is 66.4 Å². The second-order valence-corrected chi connectivity index (χ2v) is 7.26. The third-order valence-electron chi connectivity index (χ3n) is 3.20. The summed E-state index contributed by atoms with van der Waals surface area (Å²) in [6, 6.07) is 10.9. The van der Waals surface area contributed by atoms with Crippen molar-refractivity contribution in [1.29, 1.82) is 0 Å². The Kier molecular flexibility index (Phi) is 4.87. The Labute approximate surface area is 133 Å². The molecule has 0 heterocycles. The predicted octanol–water partition coefficient (Wildman–Crippen LogP) is 2.67. The van der Waals surface area contributed by atoms with Crippen LogP contribution in [0.3, 0.4) is 0 Å². The largest absolute Gasteiger partial charge is 0.384 e. The second kappa shape index (κ2) is 6.34. The van der Waals surface area contributed by atoms with Gasteiger partial charge in [0.15, 0.2) is 0 Å². The summed E-state index contributed by atoms with van der Waals surface area (Å²) < 4.78 is 39.5. The molecule has 22 heavy (non-hydrogen) atoms. The van der Waals surface area contributed by atoms with Crippen LogP contribution in [-0.4, -0.2) is 20.1 Å². The number of nitrogens with one attached hydrogen (secondary N) is 1. The number of sulfonamides is 1. The fourth-order valence-electron chi connectivity index (χ4n) is 1.84. The highest BCUT2D eigenvalue weighted by Crippen LogP contribution is 2.21. The van der Waals surface area contributed by atoms with Gasteiger partial charge in [0.1, 0.15) is 11.4 Å². The van der Waals surface area contributed by atoms with Crippen LogP contribution in [0.25, 0.3) is 0 Å². The zero-order chi connectivity index (χ0) is 16.4. The zero-order valence-electron chi connectivity index (χ0n) is 11.8. The number of halogens is 2. The Bertz CT molecular complexity index is 743. The number of hydrogen-bond acceptors (Lipinski definition) is 3. The molecule has 0 spiro atoms. The van der Waals surface area contributed by atoms with Gasteiger partial charge < -0.3 is 5.11 Å². The van der Waals surface area contributed by atoms with Crippen molar-refractivity contribution < 1.29 is 17.9 Å².